The Labute approximate surface area is 317 Å². The molecule has 5 aromatic rings. The van der Waals surface area contributed by atoms with Crippen molar-refractivity contribution in [1.29, 1.82) is 0 Å². The van der Waals surface area contributed by atoms with Gasteiger partial charge in [-0.05, 0) is 61.0 Å². The summed E-state index contributed by atoms with van der Waals surface area (Å²) in [5.74, 6) is -1.54. The summed E-state index contributed by atoms with van der Waals surface area (Å²) in [6.07, 6.45) is 6.97. The largest absolute Gasteiger partial charge is 0.369 e. The summed E-state index contributed by atoms with van der Waals surface area (Å²) in [4.78, 5) is 59.5. The Morgan fingerprint density at radius 1 is 1.07 bits per heavy atom. The molecule has 2 aromatic carbocycles. The highest BCUT2D eigenvalue weighted by molar-refractivity contribution is 6.03. The van der Waals surface area contributed by atoms with Gasteiger partial charge in [0.2, 0.25) is 23.5 Å². The van der Waals surface area contributed by atoms with Crippen molar-refractivity contribution in [2.45, 2.75) is 76.2 Å². The quantitative estimate of drug-likeness (QED) is 0.0438. The Bertz CT molecular complexity index is 2310. The molecule has 0 radical (unpaired) electrons. The predicted octanol–water partition coefficient (Wildman–Crippen LogP) is 5.43. The highest BCUT2D eigenvalue weighted by Gasteiger charge is 2.36. The van der Waals surface area contributed by atoms with Gasteiger partial charge in [-0.25, -0.2) is 9.50 Å². The van der Waals surface area contributed by atoms with Gasteiger partial charge in [-0.15, -0.1) is 5.10 Å². The number of nitrogens with zero attached hydrogens (tertiary/aromatic N) is 9. The number of carbonyl (C=O) groups excluding carboxylic acids is 4. The van der Waals surface area contributed by atoms with Crippen molar-refractivity contribution in [1.82, 2.24) is 35.0 Å². The van der Waals surface area contributed by atoms with Crippen LogP contribution in [0, 0.1) is 0 Å². The monoisotopic (exact) mass is 744 g/mol. The minimum atomic E-state index is -0.492. The fourth-order valence-electron chi connectivity index (χ4n) is 7.63. The van der Waals surface area contributed by atoms with E-state index in [0.29, 0.717) is 48.4 Å². The molecule has 2 saturated heterocycles. The van der Waals surface area contributed by atoms with Crippen molar-refractivity contribution in [2.24, 2.45) is 12.2 Å². The van der Waals surface area contributed by atoms with Crippen molar-refractivity contribution in [3.63, 3.8) is 0 Å². The molecule has 1 unspecified atom stereocenters. The van der Waals surface area contributed by atoms with E-state index < -0.39 is 5.92 Å². The molecule has 0 bridgehead atoms. The van der Waals surface area contributed by atoms with Crippen LogP contribution in [0.3, 0.4) is 0 Å². The van der Waals surface area contributed by atoms with E-state index in [1.54, 1.807) is 22.3 Å². The van der Waals surface area contributed by atoms with E-state index in [-0.39, 0.29) is 47.8 Å². The van der Waals surface area contributed by atoms with Gasteiger partial charge >= 0.3 is 0 Å². The summed E-state index contributed by atoms with van der Waals surface area (Å²) in [7, 11) is 1.79. The molecule has 2 fully saturated rings. The summed E-state index contributed by atoms with van der Waals surface area (Å²) >= 11 is 0. The van der Waals surface area contributed by atoms with E-state index in [2.05, 4.69) is 77.2 Å². The van der Waals surface area contributed by atoms with Crippen LogP contribution < -0.4 is 20.9 Å². The van der Waals surface area contributed by atoms with Crippen molar-refractivity contribution in [2.75, 3.05) is 29.9 Å². The van der Waals surface area contributed by atoms with Crippen LogP contribution in [0.25, 0.3) is 27.0 Å². The number of benzene rings is 2. The number of imide groups is 1. The number of hydrogen-bond acceptors (Lipinski definition) is 9. The van der Waals surface area contributed by atoms with Crippen LogP contribution in [-0.2, 0) is 33.4 Å². The summed E-state index contributed by atoms with van der Waals surface area (Å²) in [5.41, 5.74) is 14.4. The van der Waals surface area contributed by atoms with Gasteiger partial charge in [0.05, 0.1) is 35.6 Å². The second-order valence-electron chi connectivity index (χ2n) is 14.6. The fourth-order valence-corrected chi connectivity index (χ4v) is 7.63. The van der Waals surface area contributed by atoms with Crippen LogP contribution in [0.15, 0.2) is 65.9 Å². The number of amides is 4. The first-order valence-electron chi connectivity index (χ1n) is 18.7. The number of azide groups is 1. The molecule has 3 N–H and O–H groups in total. The van der Waals surface area contributed by atoms with Crippen molar-refractivity contribution >= 4 is 51.6 Å². The third kappa shape index (κ3) is 8.14. The van der Waals surface area contributed by atoms with Gasteiger partial charge in [-0.3, -0.25) is 29.2 Å². The van der Waals surface area contributed by atoms with Crippen molar-refractivity contribution in [3.8, 4) is 0 Å². The third-order valence-corrected chi connectivity index (χ3v) is 10.7. The first-order chi connectivity index (χ1) is 26.6. The zero-order valence-corrected chi connectivity index (χ0v) is 31.0. The molecule has 16 heteroatoms. The predicted molar refractivity (Wildman–Crippen MR) is 206 cm³/mol. The van der Waals surface area contributed by atoms with Crippen LogP contribution in [0.2, 0.25) is 0 Å². The van der Waals surface area contributed by atoms with Gasteiger partial charge in [0.25, 0.3) is 5.91 Å². The average molecular weight is 745 g/mol. The number of fused-ring (bicyclic) bond motifs is 2. The van der Waals surface area contributed by atoms with Crippen LogP contribution in [0.4, 0.5) is 11.4 Å². The number of piperidine rings is 1. The Hall–Kier alpha value is -6.28. The Morgan fingerprint density at radius 3 is 2.69 bits per heavy atom. The molecular formula is C39H44N12O4. The van der Waals surface area contributed by atoms with Gasteiger partial charge in [0.1, 0.15) is 0 Å². The van der Waals surface area contributed by atoms with Gasteiger partial charge in [-0.2, -0.15) is 5.10 Å². The standard InChI is InChI=1S/C39H44N12O4/c1-39(26-10-6-5-7-11-26)17-19-50(24-39)28-20-25(22-42-48-40)36-45-35(47-51(36)23-28)38(55)41-18-9-4-3-8-12-32(52)43-27-13-14-29-31(21-27)49(2)46-34(29)30-15-16-33(53)44-37(30)54/h5-7,10-11,13-14,20-21,23,30H,3-4,8-9,12,15-19,22,24H2,1-2H3,(H,41,55)(H,43,52)(H,44,53,54)/t30?,39-/m0/s1. The molecule has 4 amide bonds. The maximum atomic E-state index is 13.1. The maximum Gasteiger partial charge on any atom is 0.290 e. The highest BCUT2D eigenvalue weighted by Crippen LogP contribution is 2.37. The van der Waals surface area contributed by atoms with E-state index in [0.717, 1.165) is 55.4 Å². The number of carbonyl (C=O) groups is 4. The lowest BCUT2D eigenvalue weighted by Gasteiger charge is -2.26. The first kappa shape index (κ1) is 37.1. The van der Waals surface area contributed by atoms with Gasteiger partial charge in [0.15, 0.2) is 5.65 Å². The molecular weight excluding hydrogens is 701 g/mol. The number of nitrogens with one attached hydrogen (secondary N) is 3. The molecule has 7 rings (SSSR count). The Balaban J connectivity index is 0.874. The van der Waals surface area contributed by atoms with Gasteiger partial charge < -0.3 is 15.5 Å². The van der Waals surface area contributed by atoms with E-state index >= 15 is 0 Å². The number of aromatic nitrogens is 5. The zero-order valence-electron chi connectivity index (χ0n) is 31.0. The molecule has 16 nitrogen and oxygen atoms in total. The number of unbranched alkanes of at least 4 members (excludes halogenated alkanes) is 3. The number of rotatable bonds is 14. The molecule has 5 heterocycles. The third-order valence-electron chi connectivity index (χ3n) is 10.7. The summed E-state index contributed by atoms with van der Waals surface area (Å²) in [6, 6.07) is 17.9. The summed E-state index contributed by atoms with van der Waals surface area (Å²) in [5, 5.41) is 21.9. The minimum Gasteiger partial charge on any atom is -0.369 e. The number of aryl methyl sites for hydroxylation is 1. The van der Waals surface area contributed by atoms with Crippen LogP contribution in [-0.4, -0.2) is 67.6 Å². The zero-order chi connectivity index (χ0) is 38.5. The average Bonchev–Trinajstić information content (AvgIpc) is 3.89. The van der Waals surface area contributed by atoms with E-state index in [1.807, 2.05) is 30.5 Å². The summed E-state index contributed by atoms with van der Waals surface area (Å²) in [6.45, 7) is 4.46. The van der Waals surface area contributed by atoms with E-state index in [4.69, 9.17) is 5.53 Å². The lowest BCUT2D eigenvalue weighted by Crippen LogP contribution is -2.39. The van der Waals surface area contributed by atoms with Crippen LogP contribution >= 0.6 is 0 Å². The molecule has 0 aliphatic carbocycles. The Kier molecular flexibility index (Phi) is 10.8. The Morgan fingerprint density at radius 2 is 1.89 bits per heavy atom. The molecule has 2 aliphatic heterocycles. The maximum absolute atomic E-state index is 13.1. The molecule has 2 atom stereocenters. The van der Waals surface area contributed by atoms with Crippen LogP contribution in [0.5, 0.6) is 0 Å². The van der Waals surface area contributed by atoms with E-state index in [9.17, 15) is 19.2 Å². The number of hydrogen-bond donors (Lipinski definition) is 3. The summed E-state index contributed by atoms with van der Waals surface area (Å²) < 4.78 is 3.28. The topological polar surface area (TPSA) is 204 Å². The number of anilines is 2. The molecule has 0 saturated carbocycles. The van der Waals surface area contributed by atoms with Crippen molar-refractivity contribution < 1.29 is 19.2 Å². The van der Waals surface area contributed by atoms with Crippen molar-refractivity contribution in [3.05, 3.63) is 93.9 Å². The van der Waals surface area contributed by atoms with E-state index in [1.165, 1.54) is 5.56 Å². The molecule has 284 valence electrons. The first-order valence-corrected chi connectivity index (χ1v) is 18.7. The molecule has 55 heavy (non-hydrogen) atoms. The highest BCUT2D eigenvalue weighted by atomic mass is 16.2. The van der Waals surface area contributed by atoms with Gasteiger partial charge in [0, 0.05) is 66.5 Å². The normalized spacial score (nSPS) is 18.4. The van der Waals surface area contributed by atoms with Crippen LogP contribution in [0.1, 0.15) is 91.6 Å². The minimum absolute atomic E-state index is 0.00842. The molecule has 2 aliphatic rings. The second kappa shape index (κ2) is 16.0. The van der Waals surface area contributed by atoms with Gasteiger partial charge in [-0.1, -0.05) is 55.2 Å². The molecule has 0 spiro atoms. The second-order valence-corrected chi connectivity index (χ2v) is 14.6. The smallest absolute Gasteiger partial charge is 0.290 e. The lowest BCUT2D eigenvalue weighted by atomic mass is 9.82. The fraction of sp³-hybridized carbons (Fsp3) is 0.410. The number of pyridine rings is 1. The lowest BCUT2D eigenvalue weighted by molar-refractivity contribution is -0.134. The SMILES string of the molecule is Cn1nc(C2CCC(=O)NC2=O)c2ccc(NC(=O)CCCCCCNC(=O)c3nc4c(CN=[N+]=[N-])cc(N5CC[C@](C)(c6ccccc6)C5)cn4n3)cc21. The molecule has 3 aromatic heterocycles.